The molecule has 1 aromatic carbocycles. The van der Waals surface area contributed by atoms with Gasteiger partial charge in [0, 0.05) is 17.5 Å². The van der Waals surface area contributed by atoms with E-state index >= 15 is 0 Å². The molecule has 0 atom stereocenters. The molecule has 0 fully saturated rings. The third kappa shape index (κ3) is 2.22. The average Bonchev–Trinajstić information content (AvgIpc) is 2.85. The van der Waals surface area contributed by atoms with Crippen LogP contribution in [0.2, 0.25) is 0 Å². The minimum Gasteiger partial charge on any atom is -0.228 e. The Hall–Kier alpha value is -1.88. The maximum absolute atomic E-state index is 4.51. The smallest absolute Gasteiger partial charge is 0.191 e. The second-order valence-corrected chi connectivity index (χ2v) is 4.93. The molecular formula is C13H12N4S. The van der Waals surface area contributed by atoms with E-state index in [0.29, 0.717) is 0 Å². The third-order valence-corrected chi connectivity index (χ3v) is 3.58. The van der Waals surface area contributed by atoms with Gasteiger partial charge in [-0.3, -0.25) is 0 Å². The zero-order valence-electron chi connectivity index (χ0n) is 9.95. The van der Waals surface area contributed by atoms with E-state index < -0.39 is 0 Å². The van der Waals surface area contributed by atoms with Crippen molar-refractivity contribution in [1.29, 1.82) is 0 Å². The molecule has 18 heavy (non-hydrogen) atoms. The van der Waals surface area contributed by atoms with Crippen LogP contribution in [0.15, 0.2) is 47.9 Å². The third-order valence-electron chi connectivity index (χ3n) is 2.58. The summed E-state index contributed by atoms with van der Waals surface area (Å²) in [7, 11) is 0. The summed E-state index contributed by atoms with van der Waals surface area (Å²) in [6.07, 6.45) is 1.56. The minimum absolute atomic E-state index is 0.845. The van der Waals surface area contributed by atoms with Crippen LogP contribution in [-0.4, -0.2) is 19.6 Å². The van der Waals surface area contributed by atoms with E-state index in [1.807, 2.05) is 31.2 Å². The summed E-state index contributed by atoms with van der Waals surface area (Å²) in [6, 6.07) is 12.3. The maximum atomic E-state index is 4.51. The number of fused-ring (bicyclic) bond motifs is 1. The van der Waals surface area contributed by atoms with Crippen molar-refractivity contribution in [2.75, 3.05) is 0 Å². The fraction of sp³-hybridized carbons (Fsp3) is 0.154. The standard InChI is InChI=1S/C13H12N4S/c1-10-7-12-14-9-15-17(12)13(16-10)18-8-11-5-3-2-4-6-11/h2-7,9H,8H2,1H3. The summed E-state index contributed by atoms with van der Waals surface area (Å²) in [4.78, 5) is 8.71. The number of aryl methyl sites for hydroxylation is 1. The van der Waals surface area contributed by atoms with Gasteiger partial charge in [-0.05, 0) is 12.5 Å². The molecule has 0 aliphatic carbocycles. The van der Waals surface area contributed by atoms with Gasteiger partial charge >= 0.3 is 0 Å². The second-order valence-electron chi connectivity index (χ2n) is 3.98. The van der Waals surface area contributed by atoms with E-state index in [1.165, 1.54) is 5.56 Å². The van der Waals surface area contributed by atoms with Crippen LogP contribution < -0.4 is 0 Å². The van der Waals surface area contributed by atoms with E-state index in [9.17, 15) is 0 Å². The highest BCUT2D eigenvalue weighted by Crippen LogP contribution is 2.21. The lowest BCUT2D eigenvalue weighted by molar-refractivity contribution is 0.782. The molecule has 0 unspecified atom stereocenters. The molecule has 0 aliphatic rings. The molecule has 0 bridgehead atoms. The fourth-order valence-corrected chi connectivity index (χ4v) is 2.69. The Bertz CT molecular complexity index is 663. The summed E-state index contributed by atoms with van der Waals surface area (Å²) >= 11 is 1.67. The second kappa shape index (κ2) is 4.78. The zero-order valence-corrected chi connectivity index (χ0v) is 10.8. The first-order valence-corrected chi connectivity index (χ1v) is 6.65. The van der Waals surface area contributed by atoms with Gasteiger partial charge in [-0.25, -0.2) is 9.97 Å². The van der Waals surface area contributed by atoms with E-state index in [1.54, 1.807) is 22.6 Å². The normalized spacial score (nSPS) is 10.9. The summed E-state index contributed by atoms with van der Waals surface area (Å²) in [5.41, 5.74) is 3.09. The molecule has 5 heteroatoms. The predicted molar refractivity (Wildman–Crippen MR) is 71.5 cm³/mol. The van der Waals surface area contributed by atoms with Gasteiger partial charge in [-0.2, -0.15) is 9.61 Å². The molecule has 0 N–H and O–H groups in total. The summed E-state index contributed by atoms with van der Waals surface area (Å²) in [5, 5.41) is 5.08. The zero-order chi connectivity index (χ0) is 12.4. The Balaban J connectivity index is 1.88. The molecule has 0 spiro atoms. The molecule has 3 rings (SSSR count). The Kier molecular flexibility index (Phi) is 2.98. The van der Waals surface area contributed by atoms with Crippen molar-refractivity contribution >= 4 is 17.4 Å². The summed E-state index contributed by atoms with van der Waals surface area (Å²) in [5.74, 6) is 0.881. The van der Waals surface area contributed by atoms with Crippen molar-refractivity contribution in [3.63, 3.8) is 0 Å². The first-order valence-electron chi connectivity index (χ1n) is 5.67. The van der Waals surface area contributed by atoms with Crippen molar-refractivity contribution in [2.24, 2.45) is 0 Å². The highest BCUT2D eigenvalue weighted by molar-refractivity contribution is 7.98. The Morgan fingerprint density at radius 1 is 1.22 bits per heavy atom. The van der Waals surface area contributed by atoms with Crippen molar-refractivity contribution in [3.05, 3.63) is 54.0 Å². The van der Waals surface area contributed by atoms with E-state index in [2.05, 4.69) is 27.2 Å². The maximum Gasteiger partial charge on any atom is 0.191 e. The quantitative estimate of drug-likeness (QED) is 0.534. The van der Waals surface area contributed by atoms with Gasteiger partial charge in [0.25, 0.3) is 0 Å². The Morgan fingerprint density at radius 3 is 2.89 bits per heavy atom. The van der Waals surface area contributed by atoms with Gasteiger partial charge in [-0.1, -0.05) is 42.1 Å². The number of hydrogen-bond donors (Lipinski definition) is 0. The highest BCUT2D eigenvalue weighted by atomic mass is 32.2. The lowest BCUT2D eigenvalue weighted by atomic mass is 10.2. The lowest BCUT2D eigenvalue weighted by Crippen LogP contribution is -1.98. The van der Waals surface area contributed by atoms with Gasteiger partial charge in [0.2, 0.25) is 0 Å². The first kappa shape index (κ1) is 11.2. The lowest BCUT2D eigenvalue weighted by Gasteiger charge is -2.04. The van der Waals surface area contributed by atoms with Crippen molar-refractivity contribution < 1.29 is 0 Å². The van der Waals surface area contributed by atoms with Crippen LogP contribution in [0.4, 0.5) is 0 Å². The van der Waals surface area contributed by atoms with Gasteiger partial charge in [0.05, 0.1) is 0 Å². The number of rotatable bonds is 3. The van der Waals surface area contributed by atoms with Crippen LogP contribution in [0.25, 0.3) is 5.65 Å². The summed E-state index contributed by atoms with van der Waals surface area (Å²) < 4.78 is 1.78. The predicted octanol–water partition coefficient (Wildman–Crippen LogP) is 2.73. The molecule has 0 aliphatic heterocycles. The topological polar surface area (TPSA) is 43.1 Å². The highest BCUT2D eigenvalue weighted by Gasteiger charge is 2.06. The van der Waals surface area contributed by atoms with Gasteiger partial charge in [0.15, 0.2) is 10.8 Å². The molecule has 2 aromatic heterocycles. The molecule has 2 heterocycles. The molecule has 0 radical (unpaired) electrons. The van der Waals surface area contributed by atoms with Crippen LogP contribution in [0.3, 0.4) is 0 Å². The van der Waals surface area contributed by atoms with Crippen molar-refractivity contribution in [1.82, 2.24) is 19.6 Å². The number of thioether (sulfide) groups is 1. The minimum atomic E-state index is 0.845. The fourth-order valence-electron chi connectivity index (χ4n) is 1.73. The van der Waals surface area contributed by atoms with Crippen LogP contribution in [0, 0.1) is 6.92 Å². The monoisotopic (exact) mass is 256 g/mol. The van der Waals surface area contributed by atoms with E-state index in [4.69, 9.17) is 0 Å². The molecular weight excluding hydrogens is 244 g/mol. The Labute approximate surface area is 109 Å². The van der Waals surface area contributed by atoms with Crippen LogP contribution in [0.1, 0.15) is 11.3 Å². The largest absolute Gasteiger partial charge is 0.228 e. The first-order chi connectivity index (χ1) is 8.83. The number of hydrogen-bond acceptors (Lipinski definition) is 4. The molecule has 4 nitrogen and oxygen atoms in total. The SMILES string of the molecule is Cc1cc2ncnn2c(SCc2ccccc2)n1. The molecule has 90 valence electrons. The van der Waals surface area contributed by atoms with Crippen LogP contribution in [0.5, 0.6) is 0 Å². The number of nitrogens with zero attached hydrogens (tertiary/aromatic N) is 4. The van der Waals surface area contributed by atoms with E-state index in [-0.39, 0.29) is 0 Å². The molecule has 3 aromatic rings. The molecule has 0 saturated carbocycles. The summed E-state index contributed by atoms with van der Waals surface area (Å²) in [6.45, 7) is 1.97. The number of benzene rings is 1. The van der Waals surface area contributed by atoms with Gasteiger partial charge in [-0.15, -0.1) is 0 Å². The van der Waals surface area contributed by atoms with E-state index in [0.717, 1.165) is 22.3 Å². The van der Waals surface area contributed by atoms with Crippen molar-refractivity contribution in [2.45, 2.75) is 17.8 Å². The van der Waals surface area contributed by atoms with Gasteiger partial charge < -0.3 is 0 Å². The van der Waals surface area contributed by atoms with Gasteiger partial charge in [0.1, 0.15) is 6.33 Å². The molecule has 0 saturated heterocycles. The molecule has 0 amide bonds. The van der Waals surface area contributed by atoms with Crippen LogP contribution >= 0.6 is 11.8 Å². The van der Waals surface area contributed by atoms with Crippen LogP contribution in [-0.2, 0) is 5.75 Å². The number of aromatic nitrogens is 4. The average molecular weight is 256 g/mol. The van der Waals surface area contributed by atoms with Crippen molar-refractivity contribution in [3.8, 4) is 0 Å². The Morgan fingerprint density at radius 2 is 2.06 bits per heavy atom.